The molecule has 9 nitrogen and oxygen atoms in total. The average molecular weight is 667 g/mol. The number of aromatic hydroxyl groups is 1. The van der Waals surface area contributed by atoms with Crippen LogP contribution in [-0.4, -0.2) is 40.6 Å². The van der Waals surface area contributed by atoms with Crippen molar-refractivity contribution >= 4 is 51.5 Å². The molecule has 1 aliphatic carbocycles. The van der Waals surface area contributed by atoms with Gasteiger partial charge in [0, 0.05) is 24.9 Å². The molecule has 0 spiro atoms. The number of anilines is 1. The topological polar surface area (TPSA) is 107 Å². The molecule has 4 aromatic rings. The number of fused-ring (bicyclic) bond motifs is 5. The summed E-state index contributed by atoms with van der Waals surface area (Å²) in [5.41, 5.74) is -3.39. The van der Waals surface area contributed by atoms with E-state index in [0.29, 0.717) is 10.8 Å². The van der Waals surface area contributed by atoms with Crippen LogP contribution in [0.15, 0.2) is 57.6 Å². The SMILES string of the molecule is Cn1c(=O)n2n(c1=O)[C@@H]1C[C@@]3(Cl)C(=O)N(c4c(F)c(F)c(F)c(F)c4F)C(=O)[C@@]3(Cl)[C@@H](c3c(O)ccc4ccccc34)C1=CC2. The van der Waals surface area contributed by atoms with Gasteiger partial charge in [0.1, 0.15) is 11.4 Å². The van der Waals surface area contributed by atoms with E-state index in [1.807, 2.05) is 0 Å². The lowest BCUT2D eigenvalue weighted by Crippen LogP contribution is -2.59. The highest BCUT2D eigenvalue weighted by Gasteiger charge is 2.76. The second kappa shape index (κ2) is 9.30. The van der Waals surface area contributed by atoms with Crippen LogP contribution in [0.4, 0.5) is 27.6 Å². The molecule has 1 N–H and O–H groups in total. The van der Waals surface area contributed by atoms with Crippen molar-refractivity contribution in [3.05, 3.63) is 104 Å². The number of allylic oxidation sites excluding steroid dienone is 2. The summed E-state index contributed by atoms with van der Waals surface area (Å²) in [4.78, 5) is 48.8. The van der Waals surface area contributed by atoms with Crippen LogP contribution >= 0.6 is 23.2 Å². The van der Waals surface area contributed by atoms with Crippen molar-refractivity contribution in [2.45, 2.75) is 34.7 Å². The zero-order chi connectivity index (χ0) is 32.5. The highest BCUT2D eigenvalue weighted by atomic mass is 35.5. The predicted octanol–water partition coefficient (Wildman–Crippen LogP) is 4.10. The smallest absolute Gasteiger partial charge is 0.347 e. The van der Waals surface area contributed by atoms with Gasteiger partial charge in [-0.1, -0.05) is 36.4 Å². The second-order valence-electron chi connectivity index (χ2n) is 11.0. The number of hydrogen-bond acceptors (Lipinski definition) is 5. The Balaban J connectivity index is 1.58. The molecule has 2 fully saturated rings. The standard InChI is InChI=1S/C29H17Cl2F5N4O5/c1-37-26(44)38-9-8-13-14(40(38)27(37)45)10-28(30)24(42)39(23-21(35)19(33)18(32)20(34)22(23)36)25(43)29(28,31)17(13)16-12-5-3-2-4-11(12)6-7-15(16)41/h2-8,14,17,41H,9-10H2,1H3/t14-,17-,28-,29+/m1/s1. The lowest BCUT2D eigenvalue weighted by molar-refractivity contribution is -0.122. The maximum absolute atomic E-state index is 15.1. The highest BCUT2D eigenvalue weighted by Crippen LogP contribution is 2.65. The van der Waals surface area contributed by atoms with E-state index in [4.69, 9.17) is 23.2 Å². The molecule has 7 rings (SSSR count). The quantitative estimate of drug-likeness (QED) is 0.0866. The molecular weight excluding hydrogens is 650 g/mol. The Bertz CT molecular complexity index is 2180. The first-order valence-corrected chi connectivity index (χ1v) is 14.0. The fraction of sp³-hybridized carbons (Fsp3) is 0.241. The minimum atomic E-state index is -2.77. The summed E-state index contributed by atoms with van der Waals surface area (Å²) in [5, 5.41) is 12.1. The average Bonchev–Trinajstić information content (AvgIpc) is 3.33. The van der Waals surface area contributed by atoms with Crippen molar-refractivity contribution in [2.24, 2.45) is 7.05 Å². The normalized spacial score (nSPS) is 25.8. The maximum atomic E-state index is 15.1. The monoisotopic (exact) mass is 666 g/mol. The van der Waals surface area contributed by atoms with Gasteiger partial charge in [0.15, 0.2) is 33.0 Å². The third-order valence-electron chi connectivity index (χ3n) is 8.92. The molecule has 1 aromatic heterocycles. The Labute approximate surface area is 257 Å². The van der Waals surface area contributed by atoms with Crippen LogP contribution < -0.4 is 16.3 Å². The number of imide groups is 1. The number of benzene rings is 3. The molecule has 4 atom stereocenters. The number of carbonyl (C=O) groups is 2. The van der Waals surface area contributed by atoms with Crippen LogP contribution in [0.2, 0.25) is 0 Å². The summed E-state index contributed by atoms with van der Waals surface area (Å²) < 4.78 is 75.7. The molecule has 1 saturated heterocycles. The summed E-state index contributed by atoms with van der Waals surface area (Å²) >= 11 is 14.1. The largest absolute Gasteiger partial charge is 0.508 e. The number of hydrogen-bond donors (Lipinski definition) is 1. The van der Waals surface area contributed by atoms with E-state index in [1.165, 1.54) is 19.2 Å². The van der Waals surface area contributed by atoms with Crippen molar-refractivity contribution in [1.29, 1.82) is 0 Å². The molecule has 2 amide bonds. The number of rotatable bonds is 2. The summed E-state index contributed by atoms with van der Waals surface area (Å²) in [5.74, 6) is -17.7. The fourth-order valence-electron chi connectivity index (χ4n) is 6.84. The number of phenolic OH excluding ortho intramolecular Hbond substituents is 1. The number of aromatic nitrogens is 3. The number of alkyl halides is 2. The number of nitrogens with zero attached hydrogens (tertiary/aromatic N) is 4. The van der Waals surface area contributed by atoms with Crippen LogP contribution in [0.5, 0.6) is 5.75 Å². The van der Waals surface area contributed by atoms with Crippen LogP contribution in [0.25, 0.3) is 10.8 Å². The second-order valence-corrected chi connectivity index (χ2v) is 12.2. The first-order chi connectivity index (χ1) is 21.2. The van der Waals surface area contributed by atoms with Crippen molar-refractivity contribution < 1.29 is 36.6 Å². The molecule has 3 aromatic carbocycles. The van der Waals surface area contributed by atoms with E-state index in [9.17, 15) is 37.5 Å². The number of carbonyl (C=O) groups excluding carboxylic acids is 2. The summed E-state index contributed by atoms with van der Waals surface area (Å²) in [6.45, 7) is -0.228. The summed E-state index contributed by atoms with van der Waals surface area (Å²) in [6.07, 6.45) is 0.725. The molecule has 0 radical (unpaired) electrons. The van der Waals surface area contributed by atoms with Gasteiger partial charge in [0.25, 0.3) is 11.8 Å². The molecule has 3 aliphatic rings. The number of amides is 2. The maximum Gasteiger partial charge on any atom is 0.347 e. The number of phenols is 1. The molecule has 3 heterocycles. The van der Waals surface area contributed by atoms with Gasteiger partial charge < -0.3 is 5.11 Å². The third-order valence-corrected chi connectivity index (χ3v) is 10.3. The van der Waals surface area contributed by atoms with E-state index in [0.717, 1.165) is 13.9 Å². The van der Waals surface area contributed by atoms with Crippen molar-refractivity contribution in [3.63, 3.8) is 0 Å². The molecule has 2 aliphatic heterocycles. The third kappa shape index (κ3) is 3.38. The Kier molecular flexibility index (Phi) is 6.05. The van der Waals surface area contributed by atoms with Gasteiger partial charge in [0.2, 0.25) is 5.82 Å². The number of halogens is 7. The van der Waals surface area contributed by atoms with E-state index in [-0.39, 0.29) is 22.6 Å². The Morgan fingerprint density at radius 1 is 0.844 bits per heavy atom. The van der Waals surface area contributed by atoms with Crippen molar-refractivity contribution in [3.8, 4) is 5.75 Å². The predicted molar refractivity (Wildman–Crippen MR) is 150 cm³/mol. The zero-order valence-corrected chi connectivity index (χ0v) is 24.1. The first kappa shape index (κ1) is 29.3. The van der Waals surface area contributed by atoms with Gasteiger partial charge in [-0.25, -0.2) is 50.4 Å². The summed E-state index contributed by atoms with van der Waals surface area (Å²) in [6, 6.07) is 8.01. The van der Waals surface area contributed by atoms with Crippen LogP contribution in [0.1, 0.15) is 23.9 Å². The molecule has 16 heteroatoms. The van der Waals surface area contributed by atoms with Crippen LogP contribution in [0, 0.1) is 29.1 Å². The lowest BCUT2D eigenvalue weighted by Gasteiger charge is -2.49. The summed E-state index contributed by atoms with van der Waals surface area (Å²) in [7, 11) is 1.21. The van der Waals surface area contributed by atoms with Gasteiger partial charge in [-0.15, -0.1) is 23.2 Å². The Morgan fingerprint density at radius 3 is 2.13 bits per heavy atom. The molecule has 232 valence electrons. The van der Waals surface area contributed by atoms with Gasteiger partial charge in [-0.3, -0.25) is 9.59 Å². The van der Waals surface area contributed by atoms with Gasteiger partial charge in [0.05, 0.1) is 12.6 Å². The molecule has 1 saturated carbocycles. The Morgan fingerprint density at radius 2 is 1.47 bits per heavy atom. The Hall–Kier alpha value is -4.43. The fourth-order valence-corrected chi connectivity index (χ4v) is 7.74. The van der Waals surface area contributed by atoms with E-state index in [1.54, 1.807) is 30.3 Å². The lowest BCUT2D eigenvalue weighted by atomic mass is 9.63. The van der Waals surface area contributed by atoms with Gasteiger partial charge >= 0.3 is 11.4 Å². The minimum absolute atomic E-state index is 0.0655. The molecular formula is C29H17Cl2F5N4O5. The van der Waals surface area contributed by atoms with Gasteiger partial charge in [-0.2, -0.15) is 0 Å². The molecule has 0 unspecified atom stereocenters. The molecule has 45 heavy (non-hydrogen) atoms. The highest BCUT2D eigenvalue weighted by molar-refractivity contribution is 6.58. The van der Waals surface area contributed by atoms with Crippen molar-refractivity contribution in [1.82, 2.24) is 13.9 Å². The van der Waals surface area contributed by atoms with Crippen molar-refractivity contribution in [2.75, 3.05) is 4.90 Å². The van der Waals surface area contributed by atoms with E-state index >= 15 is 8.78 Å². The zero-order valence-electron chi connectivity index (χ0n) is 22.6. The molecule has 0 bridgehead atoms. The van der Waals surface area contributed by atoms with E-state index in [2.05, 4.69) is 0 Å². The van der Waals surface area contributed by atoms with Crippen LogP contribution in [0.3, 0.4) is 0 Å². The van der Waals surface area contributed by atoms with Gasteiger partial charge in [-0.05, 0) is 22.4 Å². The van der Waals surface area contributed by atoms with E-state index < -0.39 is 91.8 Å². The first-order valence-electron chi connectivity index (χ1n) is 13.3. The minimum Gasteiger partial charge on any atom is -0.508 e. The van der Waals surface area contributed by atoms with Crippen LogP contribution in [-0.2, 0) is 23.2 Å².